The van der Waals surface area contributed by atoms with Crippen molar-refractivity contribution in [2.75, 3.05) is 0 Å². The van der Waals surface area contributed by atoms with Gasteiger partial charge < -0.3 is 9.78 Å². The topological polar surface area (TPSA) is 93.1 Å². The molecule has 2 N–H and O–H groups in total. The summed E-state index contributed by atoms with van der Waals surface area (Å²) in [6.45, 7) is 0. The Hall–Kier alpha value is -1.92. The summed E-state index contributed by atoms with van der Waals surface area (Å²) in [7, 11) is 0. The highest BCUT2D eigenvalue weighted by atomic mass is 17.1. The van der Waals surface area contributed by atoms with Gasteiger partial charge >= 0.3 is 11.9 Å². The summed E-state index contributed by atoms with van der Waals surface area (Å²) >= 11 is 0. The van der Waals surface area contributed by atoms with E-state index in [1.165, 1.54) is 0 Å². The molecule has 6 nitrogen and oxygen atoms in total. The van der Waals surface area contributed by atoms with Crippen LogP contribution in [0.5, 0.6) is 0 Å². The van der Waals surface area contributed by atoms with E-state index in [4.69, 9.17) is 10.5 Å². The molecule has 0 fully saturated rings. The fourth-order valence-electron chi connectivity index (χ4n) is 1.67. The van der Waals surface area contributed by atoms with E-state index in [1.807, 2.05) is 0 Å². The molecular formula is C12H14O6. The van der Waals surface area contributed by atoms with Crippen molar-refractivity contribution in [3.05, 3.63) is 35.9 Å². The van der Waals surface area contributed by atoms with Crippen LogP contribution in [0, 0.1) is 0 Å². The molecule has 0 amide bonds. The fourth-order valence-corrected chi connectivity index (χ4v) is 1.67. The lowest BCUT2D eigenvalue weighted by Crippen LogP contribution is -2.15. The van der Waals surface area contributed by atoms with Gasteiger partial charge in [0.1, 0.15) is 0 Å². The van der Waals surface area contributed by atoms with Crippen LogP contribution >= 0.6 is 0 Å². The number of hydrogen-bond acceptors (Lipinski definition) is 6. The zero-order valence-electron chi connectivity index (χ0n) is 9.61. The van der Waals surface area contributed by atoms with Crippen molar-refractivity contribution in [2.24, 2.45) is 0 Å². The molecule has 0 bridgehead atoms. The van der Waals surface area contributed by atoms with Crippen molar-refractivity contribution < 1.29 is 29.9 Å². The molecule has 0 saturated carbocycles. The Morgan fingerprint density at radius 1 is 1.11 bits per heavy atom. The van der Waals surface area contributed by atoms with E-state index in [2.05, 4.69) is 9.78 Å². The van der Waals surface area contributed by atoms with Crippen molar-refractivity contribution in [3.8, 4) is 0 Å². The van der Waals surface area contributed by atoms with Gasteiger partial charge in [0.05, 0.1) is 5.92 Å². The number of carbonyl (C=O) groups excluding carboxylic acids is 2. The summed E-state index contributed by atoms with van der Waals surface area (Å²) < 4.78 is 0. The highest BCUT2D eigenvalue weighted by Gasteiger charge is 2.22. The van der Waals surface area contributed by atoms with Crippen LogP contribution in [0.2, 0.25) is 0 Å². The Kier molecular flexibility index (Phi) is 5.83. The Morgan fingerprint density at radius 2 is 1.78 bits per heavy atom. The molecule has 0 aromatic heterocycles. The first kappa shape index (κ1) is 14.1. The number of rotatable bonds is 6. The second-order valence-corrected chi connectivity index (χ2v) is 3.73. The Labute approximate surface area is 104 Å². The molecule has 0 heterocycles. The SMILES string of the molecule is O=C(CCC[C@H](C(=O)OO)c1ccccc1)OO. The van der Waals surface area contributed by atoms with Gasteiger partial charge in [0, 0.05) is 6.42 Å². The van der Waals surface area contributed by atoms with E-state index in [9.17, 15) is 9.59 Å². The van der Waals surface area contributed by atoms with E-state index in [-0.39, 0.29) is 6.42 Å². The zero-order chi connectivity index (χ0) is 13.4. The van der Waals surface area contributed by atoms with Crippen LogP contribution in [0.1, 0.15) is 30.7 Å². The molecule has 1 aromatic carbocycles. The number of hydrogen-bond donors (Lipinski definition) is 2. The van der Waals surface area contributed by atoms with Gasteiger partial charge in [-0.2, -0.15) is 10.5 Å². The smallest absolute Gasteiger partial charge is 0.301 e. The summed E-state index contributed by atoms with van der Waals surface area (Å²) in [4.78, 5) is 29.4. The van der Waals surface area contributed by atoms with E-state index in [0.29, 0.717) is 18.4 Å². The molecule has 0 radical (unpaired) electrons. The lowest BCUT2D eigenvalue weighted by Gasteiger charge is -2.13. The average Bonchev–Trinajstić information content (AvgIpc) is 2.43. The fraction of sp³-hybridized carbons (Fsp3) is 0.333. The predicted octanol–water partition coefficient (Wildman–Crippen LogP) is 1.97. The average molecular weight is 254 g/mol. The highest BCUT2D eigenvalue weighted by molar-refractivity contribution is 5.77. The number of carbonyl (C=O) groups is 2. The molecular weight excluding hydrogens is 240 g/mol. The normalized spacial score (nSPS) is 11.7. The first-order valence-electron chi connectivity index (χ1n) is 5.43. The van der Waals surface area contributed by atoms with E-state index < -0.39 is 17.9 Å². The molecule has 18 heavy (non-hydrogen) atoms. The van der Waals surface area contributed by atoms with Gasteiger partial charge in [0.15, 0.2) is 0 Å². The maximum atomic E-state index is 11.4. The van der Waals surface area contributed by atoms with Crippen molar-refractivity contribution >= 4 is 11.9 Å². The molecule has 1 aromatic rings. The van der Waals surface area contributed by atoms with Gasteiger partial charge in [0.25, 0.3) is 0 Å². The van der Waals surface area contributed by atoms with Gasteiger partial charge in [0.2, 0.25) is 0 Å². The van der Waals surface area contributed by atoms with Crippen LogP contribution in [-0.2, 0) is 19.4 Å². The Morgan fingerprint density at radius 3 is 2.33 bits per heavy atom. The molecule has 0 aliphatic heterocycles. The molecule has 0 saturated heterocycles. The van der Waals surface area contributed by atoms with Crippen LogP contribution in [0.15, 0.2) is 30.3 Å². The van der Waals surface area contributed by atoms with Crippen LogP contribution in [-0.4, -0.2) is 22.5 Å². The Bertz CT molecular complexity index is 389. The molecule has 6 heteroatoms. The Balaban J connectivity index is 2.63. The first-order valence-corrected chi connectivity index (χ1v) is 5.43. The maximum Gasteiger partial charge on any atom is 0.349 e. The quantitative estimate of drug-likeness (QED) is 0.595. The molecule has 1 rings (SSSR count). The van der Waals surface area contributed by atoms with Crippen LogP contribution in [0.25, 0.3) is 0 Å². The molecule has 1 atom stereocenters. The lowest BCUT2D eigenvalue weighted by molar-refractivity contribution is -0.237. The lowest BCUT2D eigenvalue weighted by atomic mass is 9.94. The minimum absolute atomic E-state index is 0.0153. The summed E-state index contributed by atoms with van der Waals surface area (Å²) in [5.74, 6) is -2.19. The van der Waals surface area contributed by atoms with Crippen molar-refractivity contribution in [1.29, 1.82) is 0 Å². The van der Waals surface area contributed by atoms with E-state index in [0.717, 1.165) is 0 Å². The minimum atomic E-state index is -0.779. The van der Waals surface area contributed by atoms with Gasteiger partial charge in [-0.05, 0) is 18.4 Å². The van der Waals surface area contributed by atoms with E-state index in [1.54, 1.807) is 30.3 Å². The molecule has 0 aliphatic rings. The highest BCUT2D eigenvalue weighted by Crippen LogP contribution is 2.23. The van der Waals surface area contributed by atoms with Gasteiger partial charge in [-0.1, -0.05) is 30.3 Å². The van der Waals surface area contributed by atoms with Crippen LogP contribution in [0.3, 0.4) is 0 Å². The second kappa shape index (κ2) is 7.41. The molecule has 0 unspecified atom stereocenters. The van der Waals surface area contributed by atoms with Gasteiger partial charge in [-0.15, -0.1) is 0 Å². The van der Waals surface area contributed by atoms with Gasteiger partial charge in [-0.25, -0.2) is 9.59 Å². The third-order valence-corrected chi connectivity index (χ3v) is 2.55. The largest absolute Gasteiger partial charge is 0.349 e. The van der Waals surface area contributed by atoms with Crippen LogP contribution in [0.4, 0.5) is 0 Å². The summed E-state index contributed by atoms with van der Waals surface area (Å²) in [6, 6.07) is 8.77. The third kappa shape index (κ3) is 4.15. The van der Waals surface area contributed by atoms with Crippen molar-refractivity contribution in [1.82, 2.24) is 0 Å². The van der Waals surface area contributed by atoms with Crippen molar-refractivity contribution in [3.63, 3.8) is 0 Å². The minimum Gasteiger partial charge on any atom is -0.301 e. The molecule has 98 valence electrons. The van der Waals surface area contributed by atoms with Crippen LogP contribution < -0.4 is 0 Å². The monoisotopic (exact) mass is 254 g/mol. The predicted molar refractivity (Wildman–Crippen MR) is 60.5 cm³/mol. The standard InChI is InChI=1S/C12H14O6/c13-11(17-15)8-4-7-10(12(14)18-16)9-5-2-1-3-6-9/h1-3,5-6,10,15-16H,4,7-8H2/t10-/m0/s1. The zero-order valence-corrected chi connectivity index (χ0v) is 9.61. The van der Waals surface area contributed by atoms with Gasteiger partial charge in [-0.3, -0.25) is 0 Å². The number of benzene rings is 1. The molecule has 0 aliphatic carbocycles. The van der Waals surface area contributed by atoms with E-state index >= 15 is 0 Å². The summed E-state index contributed by atoms with van der Waals surface area (Å²) in [5, 5.41) is 16.5. The maximum absolute atomic E-state index is 11.4. The summed E-state index contributed by atoms with van der Waals surface area (Å²) in [6.07, 6.45) is 0.616. The second-order valence-electron chi connectivity index (χ2n) is 3.73. The first-order chi connectivity index (χ1) is 8.69. The third-order valence-electron chi connectivity index (χ3n) is 2.55. The van der Waals surface area contributed by atoms with Crippen molar-refractivity contribution in [2.45, 2.75) is 25.2 Å². The molecule has 0 spiro atoms. The summed E-state index contributed by atoms with van der Waals surface area (Å²) in [5.41, 5.74) is 0.689.